The SMILES string of the molecule is Cc1cccc(CN(C(=O)COc2ccc(I)cc2)C(Cc2ccccc2)C(=O)NC(C)C)c1. The molecule has 1 N–H and O–H groups in total. The monoisotopic (exact) mass is 570 g/mol. The summed E-state index contributed by atoms with van der Waals surface area (Å²) in [6, 6.07) is 24.6. The van der Waals surface area contributed by atoms with E-state index in [0.717, 1.165) is 20.3 Å². The Hall–Kier alpha value is -2.87. The molecule has 0 bridgehead atoms. The van der Waals surface area contributed by atoms with Gasteiger partial charge in [0.05, 0.1) is 0 Å². The van der Waals surface area contributed by atoms with Crippen LogP contribution in [-0.4, -0.2) is 35.4 Å². The zero-order valence-corrected chi connectivity index (χ0v) is 22.0. The highest BCUT2D eigenvalue weighted by Gasteiger charge is 2.31. The average molecular weight is 570 g/mol. The van der Waals surface area contributed by atoms with E-state index in [1.807, 2.05) is 99.6 Å². The second-order valence-corrected chi connectivity index (χ2v) is 9.87. The summed E-state index contributed by atoms with van der Waals surface area (Å²) in [7, 11) is 0. The van der Waals surface area contributed by atoms with Crippen LogP contribution in [0.2, 0.25) is 0 Å². The van der Waals surface area contributed by atoms with Crippen molar-refractivity contribution < 1.29 is 14.3 Å². The first-order valence-corrected chi connectivity index (χ1v) is 12.5. The molecule has 34 heavy (non-hydrogen) atoms. The van der Waals surface area contributed by atoms with Gasteiger partial charge in [-0.1, -0.05) is 60.2 Å². The van der Waals surface area contributed by atoms with Gasteiger partial charge in [-0.2, -0.15) is 0 Å². The third kappa shape index (κ3) is 7.87. The minimum atomic E-state index is -0.668. The fourth-order valence-electron chi connectivity index (χ4n) is 3.70. The topological polar surface area (TPSA) is 58.6 Å². The summed E-state index contributed by atoms with van der Waals surface area (Å²) in [5.41, 5.74) is 3.07. The molecule has 1 atom stereocenters. The Labute approximate surface area is 215 Å². The van der Waals surface area contributed by atoms with Crippen LogP contribution in [0.1, 0.15) is 30.5 Å². The summed E-state index contributed by atoms with van der Waals surface area (Å²) in [4.78, 5) is 28.5. The molecule has 3 aromatic carbocycles. The number of nitrogens with one attached hydrogen (secondary N) is 1. The Morgan fingerprint density at radius 3 is 2.26 bits per heavy atom. The predicted molar refractivity (Wildman–Crippen MR) is 144 cm³/mol. The molecule has 2 amide bonds. The average Bonchev–Trinajstić information content (AvgIpc) is 2.81. The molecule has 0 spiro atoms. The van der Waals surface area contributed by atoms with Crippen LogP contribution in [0.4, 0.5) is 0 Å². The van der Waals surface area contributed by atoms with Crippen LogP contribution >= 0.6 is 22.6 Å². The number of aryl methyl sites for hydroxylation is 1. The van der Waals surface area contributed by atoms with Gasteiger partial charge in [0, 0.05) is 22.6 Å². The smallest absolute Gasteiger partial charge is 0.261 e. The number of ether oxygens (including phenoxy) is 1. The molecule has 0 aliphatic rings. The van der Waals surface area contributed by atoms with E-state index in [4.69, 9.17) is 4.74 Å². The molecular weight excluding hydrogens is 539 g/mol. The van der Waals surface area contributed by atoms with Crippen molar-refractivity contribution in [3.63, 3.8) is 0 Å². The lowest BCUT2D eigenvalue weighted by molar-refractivity contribution is -0.143. The fourth-order valence-corrected chi connectivity index (χ4v) is 4.06. The van der Waals surface area contributed by atoms with Gasteiger partial charge in [0.15, 0.2) is 6.61 Å². The molecule has 0 fully saturated rings. The Bertz CT molecular complexity index is 1080. The third-order valence-corrected chi connectivity index (χ3v) is 6.03. The van der Waals surface area contributed by atoms with E-state index in [1.54, 1.807) is 4.90 Å². The zero-order chi connectivity index (χ0) is 24.5. The largest absolute Gasteiger partial charge is 0.484 e. The summed E-state index contributed by atoms with van der Waals surface area (Å²) in [6.07, 6.45) is 0.417. The molecule has 0 aliphatic heterocycles. The van der Waals surface area contributed by atoms with Crippen LogP contribution < -0.4 is 10.1 Å². The molecule has 0 radical (unpaired) electrons. The summed E-state index contributed by atoms with van der Waals surface area (Å²) >= 11 is 2.22. The molecule has 3 rings (SSSR count). The van der Waals surface area contributed by atoms with Crippen molar-refractivity contribution >= 4 is 34.4 Å². The van der Waals surface area contributed by atoms with Gasteiger partial charge in [0.25, 0.3) is 5.91 Å². The molecule has 178 valence electrons. The first-order chi connectivity index (χ1) is 16.3. The third-order valence-electron chi connectivity index (χ3n) is 5.31. The van der Waals surface area contributed by atoms with E-state index in [0.29, 0.717) is 18.7 Å². The Balaban J connectivity index is 1.90. The molecule has 0 aliphatic carbocycles. The van der Waals surface area contributed by atoms with Crippen molar-refractivity contribution in [1.82, 2.24) is 10.2 Å². The van der Waals surface area contributed by atoms with Crippen LogP contribution in [0.15, 0.2) is 78.9 Å². The molecule has 1 unspecified atom stereocenters. The predicted octanol–water partition coefficient (Wildman–Crippen LogP) is 5.14. The number of hydrogen-bond acceptors (Lipinski definition) is 3. The van der Waals surface area contributed by atoms with E-state index in [-0.39, 0.29) is 24.5 Å². The first-order valence-electron chi connectivity index (χ1n) is 11.4. The zero-order valence-electron chi connectivity index (χ0n) is 19.8. The van der Waals surface area contributed by atoms with Crippen LogP contribution in [0, 0.1) is 10.5 Å². The van der Waals surface area contributed by atoms with E-state index in [2.05, 4.69) is 27.9 Å². The molecule has 3 aromatic rings. The second-order valence-electron chi connectivity index (χ2n) is 8.62. The van der Waals surface area contributed by atoms with E-state index < -0.39 is 6.04 Å². The van der Waals surface area contributed by atoms with Gasteiger partial charge in [-0.3, -0.25) is 9.59 Å². The molecule has 0 saturated carbocycles. The van der Waals surface area contributed by atoms with Crippen molar-refractivity contribution in [3.8, 4) is 5.75 Å². The highest BCUT2D eigenvalue weighted by molar-refractivity contribution is 14.1. The minimum Gasteiger partial charge on any atom is -0.484 e. The van der Waals surface area contributed by atoms with Crippen LogP contribution in [0.5, 0.6) is 5.75 Å². The van der Waals surface area contributed by atoms with E-state index in [9.17, 15) is 9.59 Å². The number of halogens is 1. The van der Waals surface area contributed by atoms with Gasteiger partial charge in [-0.25, -0.2) is 0 Å². The van der Waals surface area contributed by atoms with E-state index in [1.165, 1.54) is 0 Å². The quantitative estimate of drug-likeness (QED) is 0.344. The van der Waals surface area contributed by atoms with Crippen molar-refractivity contribution in [2.75, 3.05) is 6.61 Å². The van der Waals surface area contributed by atoms with E-state index >= 15 is 0 Å². The maximum absolute atomic E-state index is 13.5. The maximum atomic E-state index is 13.5. The van der Waals surface area contributed by atoms with Gasteiger partial charge in [-0.05, 0) is 78.8 Å². The molecule has 0 heterocycles. The summed E-state index contributed by atoms with van der Waals surface area (Å²) in [5, 5.41) is 3.00. The van der Waals surface area contributed by atoms with Crippen molar-refractivity contribution in [1.29, 1.82) is 0 Å². The Kier molecular flexibility index (Phi) is 9.51. The highest BCUT2D eigenvalue weighted by atomic mass is 127. The Morgan fingerprint density at radius 1 is 0.941 bits per heavy atom. The molecule has 6 heteroatoms. The lowest BCUT2D eigenvalue weighted by Crippen LogP contribution is -2.52. The minimum absolute atomic E-state index is 0.0373. The maximum Gasteiger partial charge on any atom is 0.261 e. The summed E-state index contributed by atoms with van der Waals surface area (Å²) in [6.45, 7) is 6.03. The fraction of sp³-hybridized carbons (Fsp3) is 0.286. The van der Waals surface area contributed by atoms with Gasteiger partial charge in [0.1, 0.15) is 11.8 Å². The number of hydrogen-bond donors (Lipinski definition) is 1. The summed E-state index contributed by atoms with van der Waals surface area (Å²) < 4.78 is 6.89. The molecule has 0 saturated heterocycles. The van der Waals surface area contributed by atoms with Gasteiger partial charge < -0.3 is 15.0 Å². The number of amides is 2. The number of rotatable bonds is 10. The van der Waals surface area contributed by atoms with Crippen molar-refractivity contribution in [2.24, 2.45) is 0 Å². The number of nitrogens with zero attached hydrogens (tertiary/aromatic N) is 1. The van der Waals surface area contributed by atoms with Gasteiger partial charge >= 0.3 is 0 Å². The lowest BCUT2D eigenvalue weighted by atomic mass is 10.0. The van der Waals surface area contributed by atoms with Crippen molar-refractivity contribution in [2.45, 2.75) is 45.8 Å². The highest BCUT2D eigenvalue weighted by Crippen LogP contribution is 2.18. The lowest BCUT2D eigenvalue weighted by Gasteiger charge is -2.32. The molecule has 0 aromatic heterocycles. The first kappa shape index (κ1) is 25.7. The Morgan fingerprint density at radius 2 is 1.62 bits per heavy atom. The number of carbonyl (C=O) groups excluding carboxylic acids is 2. The normalized spacial score (nSPS) is 11.7. The van der Waals surface area contributed by atoms with Crippen LogP contribution in [-0.2, 0) is 22.6 Å². The number of carbonyl (C=O) groups is 2. The standard InChI is InChI=1S/C28H31IN2O3/c1-20(2)30-28(33)26(17-22-9-5-4-6-10-22)31(18-23-11-7-8-21(3)16-23)27(32)19-34-25-14-12-24(29)13-15-25/h4-16,20,26H,17-19H2,1-3H3,(H,30,33). The second kappa shape index (κ2) is 12.6. The number of benzene rings is 3. The van der Waals surface area contributed by atoms with Gasteiger partial charge in [-0.15, -0.1) is 0 Å². The molecular formula is C28H31IN2O3. The van der Waals surface area contributed by atoms with Gasteiger partial charge in [0.2, 0.25) is 5.91 Å². The van der Waals surface area contributed by atoms with Crippen LogP contribution in [0.25, 0.3) is 0 Å². The van der Waals surface area contributed by atoms with Crippen molar-refractivity contribution in [3.05, 3.63) is 99.1 Å². The van der Waals surface area contributed by atoms with Crippen LogP contribution in [0.3, 0.4) is 0 Å². The summed E-state index contributed by atoms with van der Waals surface area (Å²) in [5.74, 6) is 0.213. The molecule has 5 nitrogen and oxygen atoms in total.